The van der Waals surface area contributed by atoms with Crippen LogP contribution in [0.5, 0.6) is 5.75 Å². The number of ether oxygens (including phenoxy) is 1. The fourth-order valence-corrected chi connectivity index (χ4v) is 2.07. The maximum atomic E-state index is 5.61. The van der Waals surface area contributed by atoms with Gasteiger partial charge in [0.05, 0.1) is 6.61 Å². The van der Waals surface area contributed by atoms with Crippen molar-refractivity contribution in [3.63, 3.8) is 0 Å². The van der Waals surface area contributed by atoms with E-state index >= 15 is 0 Å². The van der Waals surface area contributed by atoms with Crippen LogP contribution in [0.15, 0.2) is 22.7 Å². The number of hydrogen-bond donors (Lipinski definition) is 1. The summed E-state index contributed by atoms with van der Waals surface area (Å²) >= 11 is 3.50. The zero-order valence-electron chi connectivity index (χ0n) is 10.1. The third-order valence-corrected chi connectivity index (χ3v) is 2.94. The van der Waals surface area contributed by atoms with E-state index < -0.39 is 0 Å². The molecule has 0 aliphatic heterocycles. The predicted octanol–water partition coefficient (Wildman–Crippen LogP) is 3.39. The standard InChI is InChI=1S/C13H20BrNO/c1-3-16-13-8-7-12(14)10-11(13)6-4-5-9-15-2/h7-8,10,15H,3-6,9H2,1-2H3. The van der Waals surface area contributed by atoms with Gasteiger partial charge in [0.2, 0.25) is 0 Å². The summed E-state index contributed by atoms with van der Waals surface area (Å²) in [6.45, 7) is 3.83. The van der Waals surface area contributed by atoms with Crippen LogP contribution in [0.1, 0.15) is 25.3 Å². The molecular formula is C13H20BrNO. The minimum absolute atomic E-state index is 0.727. The van der Waals surface area contributed by atoms with Crippen molar-refractivity contribution in [3.8, 4) is 5.75 Å². The highest BCUT2D eigenvalue weighted by molar-refractivity contribution is 9.10. The van der Waals surface area contributed by atoms with Gasteiger partial charge >= 0.3 is 0 Å². The van der Waals surface area contributed by atoms with Crippen molar-refractivity contribution in [1.82, 2.24) is 5.32 Å². The van der Waals surface area contributed by atoms with Gasteiger partial charge in [0.1, 0.15) is 5.75 Å². The first-order valence-corrected chi connectivity index (χ1v) is 6.63. The van der Waals surface area contributed by atoms with Gasteiger partial charge in [0.15, 0.2) is 0 Å². The normalized spacial score (nSPS) is 10.4. The molecule has 0 fully saturated rings. The van der Waals surface area contributed by atoms with E-state index in [0.29, 0.717) is 0 Å². The van der Waals surface area contributed by atoms with Gasteiger partial charge in [-0.05, 0) is 63.5 Å². The molecule has 0 atom stereocenters. The Kier molecular flexibility index (Phi) is 6.50. The maximum absolute atomic E-state index is 5.61. The van der Waals surface area contributed by atoms with Crippen LogP contribution >= 0.6 is 15.9 Å². The van der Waals surface area contributed by atoms with Gasteiger partial charge in [-0.3, -0.25) is 0 Å². The predicted molar refractivity (Wildman–Crippen MR) is 72.2 cm³/mol. The second-order valence-electron chi connectivity index (χ2n) is 3.75. The summed E-state index contributed by atoms with van der Waals surface area (Å²) in [6, 6.07) is 6.23. The van der Waals surface area contributed by atoms with Crippen LogP contribution in [0.4, 0.5) is 0 Å². The number of aryl methyl sites for hydroxylation is 1. The average molecular weight is 286 g/mol. The van der Waals surface area contributed by atoms with Crippen LogP contribution < -0.4 is 10.1 Å². The van der Waals surface area contributed by atoms with E-state index in [2.05, 4.69) is 27.3 Å². The molecular weight excluding hydrogens is 266 g/mol. The fourth-order valence-electron chi connectivity index (χ4n) is 1.66. The van der Waals surface area contributed by atoms with Gasteiger partial charge in [0.25, 0.3) is 0 Å². The molecule has 1 aromatic carbocycles. The molecule has 0 saturated carbocycles. The van der Waals surface area contributed by atoms with Crippen molar-refractivity contribution in [1.29, 1.82) is 0 Å². The summed E-state index contributed by atoms with van der Waals surface area (Å²) in [5.41, 5.74) is 1.30. The second-order valence-corrected chi connectivity index (χ2v) is 4.66. The van der Waals surface area contributed by atoms with E-state index in [1.165, 1.54) is 18.4 Å². The topological polar surface area (TPSA) is 21.3 Å². The Morgan fingerprint density at radius 2 is 2.12 bits per heavy atom. The molecule has 0 spiro atoms. The Hall–Kier alpha value is -0.540. The van der Waals surface area contributed by atoms with Crippen molar-refractivity contribution in [3.05, 3.63) is 28.2 Å². The molecule has 0 heterocycles. The summed E-state index contributed by atoms with van der Waals surface area (Å²) < 4.78 is 6.74. The molecule has 1 N–H and O–H groups in total. The van der Waals surface area contributed by atoms with E-state index in [9.17, 15) is 0 Å². The molecule has 0 unspecified atom stereocenters. The Bertz CT molecular complexity index is 315. The van der Waals surface area contributed by atoms with Crippen LogP contribution in [-0.2, 0) is 6.42 Å². The van der Waals surface area contributed by atoms with Crippen LogP contribution in [0.25, 0.3) is 0 Å². The second kappa shape index (κ2) is 7.69. The molecule has 2 nitrogen and oxygen atoms in total. The number of hydrogen-bond acceptors (Lipinski definition) is 2. The largest absolute Gasteiger partial charge is 0.494 e. The smallest absolute Gasteiger partial charge is 0.122 e. The van der Waals surface area contributed by atoms with Crippen molar-refractivity contribution in [2.45, 2.75) is 26.2 Å². The molecule has 0 amide bonds. The highest BCUT2D eigenvalue weighted by Crippen LogP contribution is 2.24. The summed E-state index contributed by atoms with van der Waals surface area (Å²) in [5, 5.41) is 3.16. The summed E-state index contributed by atoms with van der Waals surface area (Å²) in [7, 11) is 1.99. The quantitative estimate of drug-likeness (QED) is 0.776. The lowest BCUT2D eigenvalue weighted by atomic mass is 10.1. The van der Waals surface area contributed by atoms with E-state index in [1.807, 2.05) is 26.1 Å². The van der Waals surface area contributed by atoms with E-state index in [1.54, 1.807) is 0 Å². The molecule has 0 saturated heterocycles. The summed E-state index contributed by atoms with van der Waals surface area (Å²) in [4.78, 5) is 0. The molecule has 16 heavy (non-hydrogen) atoms. The third-order valence-electron chi connectivity index (χ3n) is 2.45. The monoisotopic (exact) mass is 285 g/mol. The van der Waals surface area contributed by atoms with Crippen molar-refractivity contribution in [2.75, 3.05) is 20.2 Å². The van der Waals surface area contributed by atoms with Crippen LogP contribution in [-0.4, -0.2) is 20.2 Å². The molecule has 0 bridgehead atoms. The lowest BCUT2D eigenvalue weighted by Crippen LogP contribution is -2.07. The lowest BCUT2D eigenvalue weighted by Gasteiger charge is -2.10. The summed E-state index contributed by atoms with van der Waals surface area (Å²) in [6.07, 6.45) is 3.47. The maximum Gasteiger partial charge on any atom is 0.122 e. The average Bonchev–Trinajstić information content (AvgIpc) is 2.28. The highest BCUT2D eigenvalue weighted by Gasteiger charge is 2.03. The van der Waals surface area contributed by atoms with Crippen molar-refractivity contribution >= 4 is 15.9 Å². The zero-order valence-corrected chi connectivity index (χ0v) is 11.6. The molecule has 1 aromatic rings. The van der Waals surface area contributed by atoms with Gasteiger partial charge < -0.3 is 10.1 Å². The first-order chi connectivity index (χ1) is 7.77. The molecule has 90 valence electrons. The highest BCUT2D eigenvalue weighted by atomic mass is 79.9. The Morgan fingerprint density at radius 3 is 2.81 bits per heavy atom. The molecule has 0 radical (unpaired) electrons. The van der Waals surface area contributed by atoms with Gasteiger partial charge in [0, 0.05) is 4.47 Å². The number of halogens is 1. The molecule has 0 aliphatic carbocycles. The van der Waals surface area contributed by atoms with Crippen LogP contribution in [0.2, 0.25) is 0 Å². The first kappa shape index (κ1) is 13.5. The molecule has 0 aliphatic rings. The Labute approximate surface area is 107 Å². The number of rotatable bonds is 7. The molecule has 0 aromatic heterocycles. The van der Waals surface area contributed by atoms with Crippen molar-refractivity contribution < 1.29 is 4.74 Å². The molecule has 3 heteroatoms. The number of nitrogens with one attached hydrogen (secondary N) is 1. The lowest BCUT2D eigenvalue weighted by molar-refractivity contribution is 0.336. The first-order valence-electron chi connectivity index (χ1n) is 5.83. The number of benzene rings is 1. The SMILES string of the molecule is CCOc1ccc(Br)cc1CCCCNC. The van der Waals surface area contributed by atoms with Crippen LogP contribution in [0, 0.1) is 0 Å². The van der Waals surface area contributed by atoms with E-state index in [4.69, 9.17) is 4.74 Å². The minimum atomic E-state index is 0.727. The van der Waals surface area contributed by atoms with E-state index in [-0.39, 0.29) is 0 Å². The van der Waals surface area contributed by atoms with Gasteiger partial charge in [-0.2, -0.15) is 0 Å². The van der Waals surface area contributed by atoms with Gasteiger partial charge in [-0.15, -0.1) is 0 Å². The van der Waals surface area contributed by atoms with E-state index in [0.717, 1.165) is 29.8 Å². The third kappa shape index (κ3) is 4.54. The minimum Gasteiger partial charge on any atom is -0.494 e. The fraction of sp³-hybridized carbons (Fsp3) is 0.538. The Morgan fingerprint density at radius 1 is 1.31 bits per heavy atom. The zero-order chi connectivity index (χ0) is 11.8. The van der Waals surface area contributed by atoms with Gasteiger partial charge in [-0.25, -0.2) is 0 Å². The summed E-state index contributed by atoms with van der Waals surface area (Å²) in [5.74, 6) is 1.02. The van der Waals surface area contributed by atoms with Gasteiger partial charge in [-0.1, -0.05) is 15.9 Å². The van der Waals surface area contributed by atoms with Crippen molar-refractivity contribution in [2.24, 2.45) is 0 Å². The Balaban J connectivity index is 2.57. The number of unbranched alkanes of at least 4 members (excludes halogenated alkanes) is 1. The van der Waals surface area contributed by atoms with Crippen LogP contribution in [0.3, 0.4) is 0 Å². The molecule has 1 rings (SSSR count).